The zero-order valence-electron chi connectivity index (χ0n) is 9.80. The van der Waals surface area contributed by atoms with E-state index < -0.39 is 16.2 Å². The van der Waals surface area contributed by atoms with Crippen LogP contribution >= 0.6 is 27.5 Å². The molecule has 1 N–H and O–H groups in total. The van der Waals surface area contributed by atoms with Gasteiger partial charge in [0.2, 0.25) is 0 Å². The predicted molar refractivity (Wildman–Crippen MR) is 76.2 cm³/mol. The molecule has 0 fully saturated rings. The van der Waals surface area contributed by atoms with Gasteiger partial charge >= 0.3 is 5.69 Å². The Bertz CT molecular complexity index is 799. The van der Waals surface area contributed by atoms with E-state index in [4.69, 9.17) is 11.6 Å². The zero-order valence-corrected chi connectivity index (χ0v) is 12.1. The second-order valence-corrected chi connectivity index (χ2v) is 5.07. The van der Waals surface area contributed by atoms with Crippen molar-refractivity contribution in [2.24, 2.45) is 0 Å². The highest BCUT2D eigenvalue weighted by atomic mass is 79.9. The molecule has 0 aliphatic heterocycles. The molecule has 7 nitrogen and oxygen atoms in total. The number of hydrogen-bond donors (Lipinski definition) is 1. The second-order valence-electron chi connectivity index (χ2n) is 3.87. The third-order valence-corrected chi connectivity index (χ3v) is 3.75. The van der Waals surface area contributed by atoms with Crippen molar-refractivity contribution in [1.82, 2.24) is 9.55 Å². The molecule has 2 rings (SSSR count). The van der Waals surface area contributed by atoms with E-state index in [1.165, 1.54) is 18.3 Å². The van der Waals surface area contributed by atoms with Crippen LogP contribution in [0.2, 0.25) is 5.02 Å². The number of benzene rings is 1. The van der Waals surface area contributed by atoms with Gasteiger partial charge in [-0.05, 0) is 21.5 Å². The molecule has 0 atom stereocenters. The number of nitro groups is 1. The van der Waals surface area contributed by atoms with Gasteiger partial charge in [0.15, 0.2) is 0 Å². The first-order chi connectivity index (χ1) is 9.40. The van der Waals surface area contributed by atoms with Crippen molar-refractivity contribution >= 4 is 33.2 Å². The molecule has 0 aliphatic rings. The summed E-state index contributed by atoms with van der Waals surface area (Å²) in [7, 11) is 0. The molecular formula is C11H7BrClN3O4. The van der Waals surface area contributed by atoms with E-state index >= 15 is 0 Å². The number of nitrogens with one attached hydrogen (secondary N) is 1. The Morgan fingerprint density at radius 1 is 1.40 bits per heavy atom. The van der Waals surface area contributed by atoms with E-state index in [-0.39, 0.29) is 21.7 Å². The third-order valence-electron chi connectivity index (χ3n) is 2.56. The minimum absolute atomic E-state index is 0.0393. The molecule has 1 heterocycles. The molecule has 0 amide bonds. The molecule has 0 saturated heterocycles. The Hall–Kier alpha value is -1.93. The molecule has 0 bridgehead atoms. The topological polar surface area (TPSA) is 98.0 Å². The number of hydrogen-bond acceptors (Lipinski definition) is 4. The summed E-state index contributed by atoms with van der Waals surface area (Å²) in [6.45, 7) is 0.0393. The summed E-state index contributed by atoms with van der Waals surface area (Å²) >= 11 is 8.79. The van der Waals surface area contributed by atoms with Crippen LogP contribution in [0.1, 0.15) is 5.56 Å². The van der Waals surface area contributed by atoms with Crippen molar-refractivity contribution in [3.63, 3.8) is 0 Å². The van der Waals surface area contributed by atoms with Crippen LogP contribution in [-0.2, 0) is 6.54 Å². The van der Waals surface area contributed by atoms with Gasteiger partial charge in [0.05, 0.1) is 11.5 Å². The van der Waals surface area contributed by atoms with E-state index in [0.717, 1.165) is 4.57 Å². The third kappa shape index (κ3) is 2.81. The fourth-order valence-electron chi connectivity index (χ4n) is 1.61. The van der Waals surface area contributed by atoms with Gasteiger partial charge in [-0.3, -0.25) is 24.5 Å². The average molecular weight is 361 g/mol. The molecule has 1 aromatic heterocycles. The van der Waals surface area contributed by atoms with Crippen LogP contribution in [0, 0.1) is 10.1 Å². The number of nitrogens with zero attached hydrogens (tertiary/aromatic N) is 2. The SMILES string of the molecule is O=c1[nH]c(=O)n(Cc2cccc([N+](=O)[O-])c2Br)cc1Cl. The van der Waals surface area contributed by atoms with E-state index in [0.29, 0.717) is 5.56 Å². The smallest absolute Gasteiger partial charge is 0.295 e. The van der Waals surface area contributed by atoms with E-state index in [2.05, 4.69) is 20.9 Å². The van der Waals surface area contributed by atoms with E-state index in [1.54, 1.807) is 6.07 Å². The van der Waals surface area contributed by atoms with Crippen LogP contribution in [-0.4, -0.2) is 14.5 Å². The normalized spacial score (nSPS) is 10.5. The van der Waals surface area contributed by atoms with Gasteiger partial charge in [-0.25, -0.2) is 4.79 Å². The molecule has 20 heavy (non-hydrogen) atoms. The highest BCUT2D eigenvalue weighted by Crippen LogP contribution is 2.28. The molecule has 1 aromatic carbocycles. The summed E-state index contributed by atoms with van der Waals surface area (Å²) in [5.74, 6) is 0. The minimum Gasteiger partial charge on any atom is -0.295 e. The maximum Gasteiger partial charge on any atom is 0.328 e. The number of aromatic nitrogens is 2. The summed E-state index contributed by atoms with van der Waals surface area (Å²) in [6, 6.07) is 4.48. The van der Waals surface area contributed by atoms with Gasteiger partial charge < -0.3 is 0 Å². The van der Waals surface area contributed by atoms with E-state index in [9.17, 15) is 19.7 Å². The maximum absolute atomic E-state index is 11.6. The van der Waals surface area contributed by atoms with Gasteiger partial charge in [0.1, 0.15) is 9.50 Å². The predicted octanol–water partition coefficient (Wildman–Crippen LogP) is 1.91. The first-order valence-electron chi connectivity index (χ1n) is 5.31. The van der Waals surface area contributed by atoms with Crippen LogP contribution in [0.4, 0.5) is 5.69 Å². The molecule has 0 aliphatic carbocycles. The molecule has 0 saturated carbocycles. The largest absolute Gasteiger partial charge is 0.328 e. The lowest BCUT2D eigenvalue weighted by Gasteiger charge is -2.07. The summed E-state index contributed by atoms with van der Waals surface area (Å²) in [6.07, 6.45) is 1.19. The molecule has 0 unspecified atom stereocenters. The fourth-order valence-corrected chi connectivity index (χ4v) is 2.31. The van der Waals surface area contributed by atoms with Crippen molar-refractivity contribution < 1.29 is 4.92 Å². The van der Waals surface area contributed by atoms with Gasteiger partial charge in [-0.1, -0.05) is 23.7 Å². The number of halogens is 2. The molecule has 2 aromatic rings. The lowest BCUT2D eigenvalue weighted by Crippen LogP contribution is -2.30. The maximum atomic E-state index is 11.6. The van der Waals surface area contributed by atoms with Gasteiger partial charge in [-0.15, -0.1) is 0 Å². The summed E-state index contributed by atoms with van der Waals surface area (Å²) in [5.41, 5.74) is -0.903. The molecule has 104 valence electrons. The van der Waals surface area contributed by atoms with E-state index in [1.807, 2.05) is 0 Å². The Morgan fingerprint density at radius 3 is 2.75 bits per heavy atom. The summed E-state index contributed by atoms with van der Waals surface area (Å²) in [4.78, 5) is 35.1. The van der Waals surface area contributed by atoms with Crippen LogP contribution < -0.4 is 11.2 Å². The van der Waals surface area contributed by atoms with Crippen LogP contribution in [0.3, 0.4) is 0 Å². The van der Waals surface area contributed by atoms with Gasteiger partial charge in [0, 0.05) is 12.3 Å². The first kappa shape index (κ1) is 14.5. The standard InChI is InChI=1S/C11H7BrClN3O4/c12-9-6(2-1-3-8(9)16(19)20)4-15-5-7(13)10(17)14-11(15)18/h1-3,5H,4H2,(H,14,17,18). The van der Waals surface area contributed by atoms with Gasteiger partial charge in [-0.2, -0.15) is 0 Å². The zero-order chi connectivity index (χ0) is 14.9. The molecule has 0 radical (unpaired) electrons. The number of aromatic amines is 1. The number of rotatable bonds is 3. The highest BCUT2D eigenvalue weighted by Gasteiger charge is 2.15. The average Bonchev–Trinajstić information content (AvgIpc) is 2.37. The summed E-state index contributed by atoms with van der Waals surface area (Å²) in [5, 5.41) is 10.7. The Kier molecular flexibility index (Phi) is 4.05. The van der Waals surface area contributed by atoms with Crippen molar-refractivity contribution in [3.05, 3.63) is 70.4 Å². The molecule has 0 spiro atoms. The Balaban J connectivity index is 2.48. The Morgan fingerprint density at radius 2 is 2.10 bits per heavy atom. The minimum atomic E-state index is -0.675. The lowest BCUT2D eigenvalue weighted by atomic mass is 10.2. The molecule has 9 heteroatoms. The van der Waals surface area contributed by atoms with Crippen LogP contribution in [0.5, 0.6) is 0 Å². The monoisotopic (exact) mass is 359 g/mol. The van der Waals surface area contributed by atoms with Crippen molar-refractivity contribution in [3.8, 4) is 0 Å². The quantitative estimate of drug-likeness (QED) is 0.667. The van der Waals surface area contributed by atoms with Crippen molar-refractivity contribution in [1.29, 1.82) is 0 Å². The van der Waals surface area contributed by atoms with Crippen LogP contribution in [0.15, 0.2) is 38.5 Å². The fraction of sp³-hybridized carbons (Fsp3) is 0.0909. The Labute approximate surface area is 125 Å². The summed E-state index contributed by atoms with van der Waals surface area (Å²) < 4.78 is 1.44. The highest BCUT2D eigenvalue weighted by molar-refractivity contribution is 9.10. The van der Waals surface area contributed by atoms with Crippen molar-refractivity contribution in [2.75, 3.05) is 0 Å². The number of H-pyrrole nitrogens is 1. The van der Waals surface area contributed by atoms with Crippen LogP contribution in [0.25, 0.3) is 0 Å². The van der Waals surface area contributed by atoms with Gasteiger partial charge in [0.25, 0.3) is 11.2 Å². The molecular weight excluding hydrogens is 353 g/mol. The second kappa shape index (κ2) is 5.59. The first-order valence-corrected chi connectivity index (χ1v) is 6.48. The van der Waals surface area contributed by atoms with Crippen molar-refractivity contribution in [2.45, 2.75) is 6.54 Å². The lowest BCUT2D eigenvalue weighted by molar-refractivity contribution is -0.385. The number of nitro benzene ring substituents is 1.